The van der Waals surface area contributed by atoms with Crippen LogP contribution in [0.25, 0.3) is 0 Å². The first-order valence-corrected chi connectivity index (χ1v) is 7.67. The van der Waals surface area contributed by atoms with Crippen molar-refractivity contribution in [3.8, 4) is 0 Å². The Morgan fingerprint density at radius 2 is 1.64 bits per heavy atom. The fourth-order valence-corrected chi connectivity index (χ4v) is 2.77. The minimum absolute atomic E-state index is 0.00758. The molecule has 3 rings (SSSR count). The van der Waals surface area contributed by atoms with E-state index in [1.54, 1.807) is 48.5 Å². The summed E-state index contributed by atoms with van der Waals surface area (Å²) < 4.78 is 4.78. The van der Waals surface area contributed by atoms with Crippen LogP contribution in [-0.2, 0) is 9.53 Å². The molecule has 0 fully saturated rings. The number of imide groups is 1. The number of anilines is 2. The summed E-state index contributed by atoms with van der Waals surface area (Å²) in [6, 6.07) is 12.4. The molecule has 1 aliphatic rings. The highest BCUT2D eigenvalue weighted by Crippen LogP contribution is 2.25. The van der Waals surface area contributed by atoms with E-state index in [0.717, 1.165) is 4.90 Å². The van der Waals surface area contributed by atoms with Crippen LogP contribution in [0.4, 0.5) is 11.4 Å². The number of amides is 2. The SMILES string of the molecule is COC(=O)C(CNc1ccccc1N)N1C(=O)c2ccccc2C1=O. The molecule has 2 amide bonds. The predicted molar refractivity (Wildman–Crippen MR) is 92.1 cm³/mol. The van der Waals surface area contributed by atoms with Crippen LogP contribution in [0.3, 0.4) is 0 Å². The van der Waals surface area contributed by atoms with Crippen LogP contribution in [0.15, 0.2) is 48.5 Å². The number of nitrogen functional groups attached to an aromatic ring is 1. The van der Waals surface area contributed by atoms with Crippen molar-refractivity contribution in [3.63, 3.8) is 0 Å². The van der Waals surface area contributed by atoms with Gasteiger partial charge in [0.05, 0.1) is 29.6 Å². The zero-order valence-corrected chi connectivity index (χ0v) is 13.6. The molecule has 2 aromatic carbocycles. The van der Waals surface area contributed by atoms with Crippen LogP contribution >= 0.6 is 0 Å². The molecule has 128 valence electrons. The first-order chi connectivity index (χ1) is 12.0. The number of hydrogen-bond donors (Lipinski definition) is 2. The quantitative estimate of drug-likeness (QED) is 0.486. The molecule has 3 N–H and O–H groups in total. The first kappa shape index (κ1) is 16.5. The number of para-hydroxylation sites is 2. The third-order valence-corrected chi connectivity index (χ3v) is 4.06. The van der Waals surface area contributed by atoms with Crippen molar-refractivity contribution in [1.82, 2.24) is 4.90 Å². The Morgan fingerprint density at radius 1 is 1.08 bits per heavy atom. The molecular formula is C18H17N3O4. The van der Waals surface area contributed by atoms with Gasteiger partial charge in [-0.3, -0.25) is 14.5 Å². The highest BCUT2D eigenvalue weighted by atomic mass is 16.5. The third kappa shape index (κ3) is 2.91. The van der Waals surface area contributed by atoms with Crippen LogP contribution in [0.1, 0.15) is 20.7 Å². The average Bonchev–Trinajstić information content (AvgIpc) is 2.88. The molecule has 7 nitrogen and oxygen atoms in total. The molecule has 1 atom stereocenters. The Kier molecular flexibility index (Phi) is 4.38. The van der Waals surface area contributed by atoms with Gasteiger partial charge >= 0.3 is 5.97 Å². The van der Waals surface area contributed by atoms with Gasteiger partial charge in [0.15, 0.2) is 6.04 Å². The van der Waals surface area contributed by atoms with Crippen molar-refractivity contribution in [3.05, 3.63) is 59.7 Å². The molecule has 25 heavy (non-hydrogen) atoms. The van der Waals surface area contributed by atoms with Crippen LogP contribution in [0.5, 0.6) is 0 Å². The number of carbonyl (C=O) groups is 3. The number of nitrogens with two attached hydrogens (primary N) is 1. The smallest absolute Gasteiger partial charge is 0.330 e. The van der Waals surface area contributed by atoms with Crippen molar-refractivity contribution in [2.75, 3.05) is 24.7 Å². The van der Waals surface area contributed by atoms with Gasteiger partial charge in [-0.05, 0) is 24.3 Å². The van der Waals surface area contributed by atoms with Gasteiger partial charge < -0.3 is 15.8 Å². The second kappa shape index (κ2) is 6.64. The maximum atomic E-state index is 12.6. The lowest BCUT2D eigenvalue weighted by Crippen LogP contribution is -2.49. The number of benzene rings is 2. The normalized spacial score (nSPS) is 14.2. The van der Waals surface area contributed by atoms with E-state index in [1.807, 2.05) is 0 Å². The van der Waals surface area contributed by atoms with E-state index in [9.17, 15) is 14.4 Å². The standard InChI is InChI=1S/C18H17N3O4/c1-25-18(24)15(10-20-14-9-5-4-8-13(14)19)21-16(22)11-6-2-3-7-12(11)17(21)23/h2-9,15,20H,10,19H2,1H3. The van der Waals surface area contributed by atoms with Gasteiger partial charge in [-0.25, -0.2) is 4.79 Å². The number of nitrogens with one attached hydrogen (secondary N) is 1. The van der Waals surface area contributed by atoms with E-state index >= 15 is 0 Å². The minimum Gasteiger partial charge on any atom is -0.467 e. The van der Waals surface area contributed by atoms with Gasteiger partial charge in [-0.1, -0.05) is 24.3 Å². The number of hydrogen-bond acceptors (Lipinski definition) is 6. The molecule has 0 spiro atoms. The Labute approximate surface area is 144 Å². The van der Waals surface area contributed by atoms with E-state index < -0.39 is 23.8 Å². The minimum atomic E-state index is -1.10. The van der Waals surface area contributed by atoms with E-state index in [0.29, 0.717) is 11.4 Å². The summed E-state index contributed by atoms with van der Waals surface area (Å²) in [7, 11) is 1.21. The van der Waals surface area contributed by atoms with Gasteiger partial charge in [0, 0.05) is 6.54 Å². The predicted octanol–water partition coefficient (Wildman–Crippen LogP) is 1.52. The molecule has 0 bridgehead atoms. The van der Waals surface area contributed by atoms with Gasteiger partial charge in [-0.2, -0.15) is 0 Å². The molecule has 1 unspecified atom stereocenters. The fourth-order valence-electron chi connectivity index (χ4n) is 2.77. The zero-order chi connectivity index (χ0) is 18.0. The van der Waals surface area contributed by atoms with Crippen LogP contribution in [-0.4, -0.2) is 42.4 Å². The second-order valence-electron chi connectivity index (χ2n) is 5.53. The Bertz CT molecular complexity index is 815. The summed E-state index contributed by atoms with van der Waals surface area (Å²) in [5.41, 5.74) is 7.52. The average molecular weight is 339 g/mol. The number of fused-ring (bicyclic) bond motifs is 1. The van der Waals surface area contributed by atoms with Crippen LogP contribution < -0.4 is 11.1 Å². The number of nitrogens with zero attached hydrogens (tertiary/aromatic N) is 1. The van der Waals surface area contributed by atoms with Crippen LogP contribution in [0.2, 0.25) is 0 Å². The number of carbonyl (C=O) groups excluding carboxylic acids is 3. The summed E-state index contributed by atoms with van der Waals surface area (Å²) in [4.78, 5) is 38.3. The van der Waals surface area contributed by atoms with Crippen molar-refractivity contribution in [2.24, 2.45) is 0 Å². The lowest BCUT2D eigenvalue weighted by atomic mass is 10.1. The number of rotatable bonds is 5. The van der Waals surface area contributed by atoms with Gasteiger partial charge in [0.1, 0.15) is 0 Å². The monoisotopic (exact) mass is 339 g/mol. The maximum absolute atomic E-state index is 12.6. The van der Waals surface area contributed by atoms with Gasteiger partial charge in [-0.15, -0.1) is 0 Å². The summed E-state index contributed by atoms with van der Waals surface area (Å²) in [6.45, 7) is -0.00758. The maximum Gasteiger partial charge on any atom is 0.330 e. The second-order valence-corrected chi connectivity index (χ2v) is 5.53. The number of esters is 1. The Balaban J connectivity index is 1.87. The summed E-state index contributed by atoms with van der Waals surface area (Å²) in [5, 5.41) is 3.00. The molecule has 0 saturated carbocycles. The molecule has 7 heteroatoms. The summed E-state index contributed by atoms with van der Waals surface area (Å²) in [5.74, 6) is -1.71. The lowest BCUT2D eigenvalue weighted by Gasteiger charge is -2.24. The molecule has 1 heterocycles. The molecular weight excluding hydrogens is 322 g/mol. The number of methoxy groups -OCH3 is 1. The largest absolute Gasteiger partial charge is 0.467 e. The van der Waals surface area contributed by atoms with Crippen LogP contribution in [0, 0.1) is 0 Å². The van der Waals surface area contributed by atoms with Crippen molar-refractivity contribution in [2.45, 2.75) is 6.04 Å². The molecule has 2 aromatic rings. The number of ether oxygens (including phenoxy) is 1. The Hall–Kier alpha value is -3.35. The fraction of sp³-hybridized carbons (Fsp3) is 0.167. The van der Waals surface area contributed by atoms with E-state index in [4.69, 9.17) is 10.5 Å². The third-order valence-electron chi connectivity index (χ3n) is 4.06. The van der Waals surface area contributed by atoms with Crippen molar-refractivity contribution < 1.29 is 19.1 Å². The Morgan fingerprint density at radius 3 is 2.20 bits per heavy atom. The summed E-state index contributed by atoms with van der Waals surface area (Å²) in [6.07, 6.45) is 0. The van der Waals surface area contributed by atoms with E-state index in [2.05, 4.69) is 5.32 Å². The van der Waals surface area contributed by atoms with E-state index in [-0.39, 0.29) is 17.7 Å². The highest BCUT2D eigenvalue weighted by molar-refractivity contribution is 6.22. The topological polar surface area (TPSA) is 102 Å². The van der Waals surface area contributed by atoms with E-state index in [1.165, 1.54) is 7.11 Å². The highest BCUT2D eigenvalue weighted by Gasteiger charge is 2.43. The van der Waals surface area contributed by atoms with Gasteiger partial charge in [0.2, 0.25) is 0 Å². The molecule has 0 aromatic heterocycles. The molecule has 0 saturated heterocycles. The zero-order valence-electron chi connectivity index (χ0n) is 13.6. The molecule has 0 radical (unpaired) electrons. The molecule has 1 aliphatic heterocycles. The van der Waals surface area contributed by atoms with Crippen molar-refractivity contribution in [1.29, 1.82) is 0 Å². The van der Waals surface area contributed by atoms with Gasteiger partial charge in [0.25, 0.3) is 11.8 Å². The lowest BCUT2D eigenvalue weighted by molar-refractivity contribution is -0.144. The van der Waals surface area contributed by atoms with Crippen molar-refractivity contribution >= 4 is 29.2 Å². The molecule has 0 aliphatic carbocycles. The first-order valence-electron chi connectivity index (χ1n) is 7.67. The summed E-state index contributed by atoms with van der Waals surface area (Å²) >= 11 is 0.